The van der Waals surface area contributed by atoms with Crippen molar-refractivity contribution in [3.63, 3.8) is 0 Å². The van der Waals surface area contributed by atoms with Gasteiger partial charge in [0.2, 0.25) is 0 Å². The van der Waals surface area contributed by atoms with Crippen LogP contribution >= 0.6 is 0 Å². The third kappa shape index (κ3) is 1.96. The minimum atomic E-state index is 0.613. The first-order chi connectivity index (χ1) is 8.34. The molecule has 4 heteroatoms. The maximum absolute atomic E-state index is 4.43. The van der Waals surface area contributed by atoms with E-state index in [0.29, 0.717) is 5.92 Å². The number of aromatic nitrogens is 3. The molecule has 0 bridgehead atoms. The summed E-state index contributed by atoms with van der Waals surface area (Å²) >= 11 is 0. The van der Waals surface area contributed by atoms with Gasteiger partial charge in [0.25, 0.3) is 0 Å². The molecule has 1 aliphatic heterocycles. The van der Waals surface area contributed by atoms with Crippen molar-refractivity contribution in [2.24, 2.45) is 0 Å². The van der Waals surface area contributed by atoms with Gasteiger partial charge in [0.1, 0.15) is 0 Å². The maximum Gasteiger partial charge on any atom is 0.0951 e. The van der Waals surface area contributed by atoms with E-state index in [2.05, 4.69) is 32.8 Å². The van der Waals surface area contributed by atoms with Crippen LogP contribution < -0.4 is 5.32 Å². The monoisotopic (exact) mass is 228 g/mol. The third-order valence-corrected chi connectivity index (χ3v) is 3.38. The van der Waals surface area contributed by atoms with Crippen molar-refractivity contribution >= 4 is 0 Å². The number of hydrogen-bond donors (Lipinski definition) is 1. The number of nitrogens with zero attached hydrogens (tertiary/aromatic N) is 3. The topological polar surface area (TPSA) is 42.7 Å². The zero-order valence-corrected chi connectivity index (χ0v) is 9.93. The molecule has 2 aromatic heterocycles. The van der Waals surface area contributed by atoms with Crippen LogP contribution in [-0.2, 0) is 6.54 Å². The van der Waals surface area contributed by atoms with Crippen molar-refractivity contribution in [3.8, 4) is 0 Å². The van der Waals surface area contributed by atoms with Crippen molar-refractivity contribution in [2.75, 3.05) is 13.1 Å². The van der Waals surface area contributed by atoms with E-state index in [-0.39, 0.29) is 0 Å². The molecule has 88 valence electrons. The number of hydrogen-bond acceptors (Lipinski definition) is 3. The molecule has 1 saturated heterocycles. The summed E-state index contributed by atoms with van der Waals surface area (Å²) in [4.78, 5) is 8.69. The van der Waals surface area contributed by atoms with E-state index in [4.69, 9.17) is 0 Å². The first-order valence-electron chi connectivity index (χ1n) is 5.96. The summed E-state index contributed by atoms with van der Waals surface area (Å²) in [5.41, 5.74) is 3.67. The van der Waals surface area contributed by atoms with Crippen LogP contribution in [0.15, 0.2) is 30.9 Å². The molecule has 0 atom stereocenters. The lowest BCUT2D eigenvalue weighted by molar-refractivity contribution is 0.427. The zero-order chi connectivity index (χ0) is 11.7. The summed E-state index contributed by atoms with van der Waals surface area (Å²) in [6.45, 7) is 5.04. The van der Waals surface area contributed by atoms with E-state index in [1.807, 2.05) is 24.8 Å². The molecule has 0 radical (unpaired) electrons. The Labute approximate surface area is 101 Å². The number of rotatable bonds is 3. The van der Waals surface area contributed by atoms with Gasteiger partial charge in [-0.3, -0.25) is 4.98 Å². The van der Waals surface area contributed by atoms with Gasteiger partial charge in [0.15, 0.2) is 0 Å². The zero-order valence-electron chi connectivity index (χ0n) is 9.93. The second kappa shape index (κ2) is 4.30. The minimum absolute atomic E-state index is 0.613. The normalized spacial score (nSPS) is 15.8. The Morgan fingerprint density at radius 3 is 3.06 bits per heavy atom. The molecule has 0 saturated carbocycles. The Hall–Kier alpha value is -1.68. The molecule has 17 heavy (non-hydrogen) atoms. The molecule has 4 nitrogen and oxygen atoms in total. The van der Waals surface area contributed by atoms with Gasteiger partial charge in [0, 0.05) is 37.1 Å². The summed E-state index contributed by atoms with van der Waals surface area (Å²) in [6.07, 6.45) is 5.73. The molecular weight excluding hydrogens is 212 g/mol. The van der Waals surface area contributed by atoms with Crippen LogP contribution in [0.5, 0.6) is 0 Å². The summed E-state index contributed by atoms with van der Waals surface area (Å²) < 4.78 is 2.21. The molecule has 0 amide bonds. The fraction of sp³-hybridized carbons (Fsp3) is 0.385. The quantitative estimate of drug-likeness (QED) is 0.861. The van der Waals surface area contributed by atoms with Crippen molar-refractivity contribution in [2.45, 2.75) is 19.4 Å². The molecule has 0 aromatic carbocycles. The average Bonchev–Trinajstić information content (AvgIpc) is 2.68. The van der Waals surface area contributed by atoms with Crippen molar-refractivity contribution in [1.29, 1.82) is 0 Å². The van der Waals surface area contributed by atoms with Crippen LogP contribution in [0.4, 0.5) is 0 Å². The van der Waals surface area contributed by atoms with Crippen LogP contribution in [0, 0.1) is 6.92 Å². The fourth-order valence-corrected chi connectivity index (χ4v) is 2.15. The average molecular weight is 228 g/mol. The number of imidazole rings is 1. The SMILES string of the molecule is Cc1cccnc1Cn1cncc1C1CNC1. The molecule has 2 aromatic rings. The lowest BCUT2D eigenvalue weighted by Gasteiger charge is -2.27. The van der Waals surface area contributed by atoms with Crippen LogP contribution in [0.3, 0.4) is 0 Å². The molecule has 0 aliphatic carbocycles. The Balaban J connectivity index is 1.85. The van der Waals surface area contributed by atoms with Gasteiger partial charge in [-0.15, -0.1) is 0 Å². The van der Waals surface area contributed by atoms with Crippen LogP contribution in [-0.4, -0.2) is 27.6 Å². The van der Waals surface area contributed by atoms with E-state index in [0.717, 1.165) is 25.3 Å². The number of pyridine rings is 1. The third-order valence-electron chi connectivity index (χ3n) is 3.38. The van der Waals surface area contributed by atoms with E-state index in [1.165, 1.54) is 11.3 Å². The highest BCUT2D eigenvalue weighted by molar-refractivity contribution is 5.20. The Kier molecular flexibility index (Phi) is 2.65. The standard InChI is InChI=1S/C13H16N4/c1-10-3-2-4-16-12(10)8-17-9-15-7-13(17)11-5-14-6-11/h2-4,7,9,11,14H,5-6,8H2,1H3. The van der Waals surface area contributed by atoms with E-state index in [9.17, 15) is 0 Å². The second-order valence-corrected chi connectivity index (χ2v) is 4.57. The second-order valence-electron chi connectivity index (χ2n) is 4.57. The molecule has 1 N–H and O–H groups in total. The lowest BCUT2D eigenvalue weighted by atomic mass is 10.00. The summed E-state index contributed by atoms with van der Waals surface area (Å²) in [7, 11) is 0. The van der Waals surface area contributed by atoms with Crippen LogP contribution in [0.1, 0.15) is 22.9 Å². The van der Waals surface area contributed by atoms with Crippen molar-refractivity contribution in [3.05, 3.63) is 47.8 Å². The Morgan fingerprint density at radius 2 is 2.35 bits per heavy atom. The van der Waals surface area contributed by atoms with Gasteiger partial charge in [-0.2, -0.15) is 0 Å². The summed E-state index contributed by atoms with van der Waals surface area (Å²) in [5, 5.41) is 3.30. The summed E-state index contributed by atoms with van der Waals surface area (Å²) in [5.74, 6) is 0.613. The highest BCUT2D eigenvalue weighted by Gasteiger charge is 2.22. The van der Waals surface area contributed by atoms with E-state index >= 15 is 0 Å². The highest BCUT2D eigenvalue weighted by Crippen LogP contribution is 2.20. The van der Waals surface area contributed by atoms with Gasteiger partial charge >= 0.3 is 0 Å². The minimum Gasteiger partial charge on any atom is -0.328 e. The van der Waals surface area contributed by atoms with Gasteiger partial charge < -0.3 is 9.88 Å². The highest BCUT2D eigenvalue weighted by atomic mass is 15.1. The van der Waals surface area contributed by atoms with Gasteiger partial charge in [0.05, 0.1) is 18.6 Å². The van der Waals surface area contributed by atoms with Crippen LogP contribution in [0.25, 0.3) is 0 Å². The number of aryl methyl sites for hydroxylation is 1. The first kappa shape index (κ1) is 10.5. The summed E-state index contributed by atoms with van der Waals surface area (Å²) in [6, 6.07) is 4.08. The molecular formula is C13H16N4. The molecule has 0 unspecified atom stereocenters. The molecule has 1 aliphatic rings. The predicted molar refractivity (Wildman–Crippen MR) is 65.9 cm³/mol. The lowest BCUT2D eigenvalue weighted by Crippen LogP contribution is -2.40. The fourth-order valence-electron chi connectivity index (χ4n) is 2.15. The molecule has 1 fully saturated rings. The predicted octanol–water partition coefficient (Wildman–Crippen LogP) is 1.32. The van der Waals surface area contributed by atoms with Crippen molar-refractivity contribution in [1.82, 2.24) is 19.9 Å². The molecule has 0 spiro atoms. The van der Waals surface area contributed by atoms with E-state index in [1.54, 1.807) is 0 Å². The Morgan fingerprint density at radius 1 is 1.47 bits per heavy atom. The Bertz CT molecular complexity index is 514. The van der Waals surface area contributed by atoms with Crippen LogP contribution in [0.2, 0.25) is 0 Å². The van der Waals surface area contributed by atoms with Crippen molar-refractivity contribution < 1.29 is 0 Å². The number of nitrogens with one attached hydrogen (secondary N) is 1. The van der Waals surface area contributed by atoms with Gasteiger partial charge in [-0.25, -0.2) is 4.98 Å². The van der Waals surface area contributed by atoms with Gasteiger partial charge in [-0.05, 0) is 18.6 Å². The maximum atomic E-state index is 4.43. The largest absolute Gasteiger partial charge is 0.328 e. The molecule has 3 rings (SSSR count). The smallest absolute Gasteiger partial charge is 0.0951 e. The van der Waals surface area contributed by atoms with Gasteiger partial charge in [-0.1, -0.05) is 6.07 Å². The first-order valence-corrected chi connectivity index (χ1v) is 5.96. The van der Waals surface area contributed by atoms with E-state index < -0.39 is 0 Å². The molecule has 3 heterocycles.